The van der Waals surface area contributed by atoms with E-state index in [0.29, 0.717) is 41.9 Å². The summed E-state index contributed by atoms with van der Waals surface area (Å²) in [5.74, 6) is 1.71. The maximum absolute atomic E-state index is 13.4. The van der Waals surface area contributed by atoms with Crippen LogP contribution in [-0.4, -0.2) is 81.6 Å². The zero-order chi connectivity index (χ0) is 31.6. The van der Waals surface area contributed by atoms with Crippen molar-refractivity contribution in [3.63, 3.8) is 0 Å². The van der Waals surface area contributed by atoms with E-state index >= 15 is 0 Å². The van der Waals surface area contributed by atoms with Crippen LogP contribution in [-0.2, 0) is 4.74 Å². The lowest BCUT2D eigenvalue weighted by molar-refractivity contribution is 0.0320. The molecule has 6 rings (SSSR count). The molecule has 0 radical (unpaired) electrons. The number of morpholine rings is 1. The van der Waals surface area contributed by atoms with Crippen LogP contribution >= 0.6 is 11.6 Å². The number of nitrogens with zero attached hydrogens (tertiary/aromatic N) is 3. The van der Waals surface area contributed by atoms with Gasteiger partial charge in [-0.25, -0.2) is 4.79 Å². The van der Waals surface area contributed by atoms with Crippen LogP contribution in [0, 0.1) is 0 Å². The fourth-order valence-corrected chi connectivity index (χ4v) is 5.91. The van der Waals surface area contributed by atoms with Crippen LogP contribution in [0.4, 0.5) is 5.69 Å². The van der Waals surface area contributed by atoms with E-state index in [1.54, 1.807) is 30.5 Å². The number of para-hydroxylation sites is 4. The number of anilines is 1. The van der Waals surface area contributed by atoms with Crippen molar-refractivity contribution in [3.8, 4) is 23.0 Å². The fourth-order valence-electron chi connectivity index (χ4n) is 5.68. The molecule has 2 fully saturated rings. The number of hydrogen-bond acceptors (Lipinski definition) is 9. The summed E-state index contributed by atoms with van der Waals surface area (Å²) in [6.45, 7) is 7.87. The molecule has 3 heterocycles. The number of esters is 1. The Morgan fingerprint density at radius 3 is 2.07 bits per heavy atom. The third kappa shape index (κ3) is 8.20. The molecule has 0 unspecified atom stereocenters. The Kier molecular flexibility index (Phi) is 11.1. The Labute approximate surface area is 274 Å². The average Bonchev–Trinajstić information content (AvgIpc) is 3.63. The van der Waals surface area contributed by atoms with Crippen molar-refractivity contribution in [1.29, 1.82) is 0 Å². The minimum Gasteiger partial charge on any atom is -0.490 e. The summed E-state index contributed by atoms with van der Waals surface area (Å²) in [7, 11) is 0. The predicted octanol–water partition coefficient (Wildman–Crippen LogP) is 6.66. The predicted molar refractivity (Wildman–Crippen MR) is 179 cm³/mol. The quantitative estimate of drug-likeness (QED) is 0.0850. The number of carbonyl (C=O) groups is 1. The van der Waals surface area contributed by atoms with Crippen LogP contribution in [0.5, 0.6) is 23.0 Å². The van der Waals surface area contributed by atoms with E-state index in [9.17, 15) is 4.79 Å². The number of hydrogen-bond donors (Lipinski definition) is 0. The summed E-state index contributed by atoms with van der Waals surface area (Å²) in [5, 5.41) is 1.14. The molecule has 4 aromatic rings. The molecule has 0 N–H and O–H groups in total. The van der Waals surface area contributed by atoms with Crippen molar-refractivity contribution in [3.05, 3.63) is 83.5 Å². The third-order valence-electron chi connectivity index (χ3n) is 8.19. The van der Waals surface area contributed by atoms with Gasteiger partial charge < -0.3 is 28.6 Å². The Morgan fingerprint density at radius 2 is 1.39 bits per heavy atom. The number of pyridine rings is 1. The second-order valence-electron chi connectivity index (χ2n) is 11.4. The molecule has 3 aromatic carbocycles. The van der Waals surface area contributed by atoms with Gasteiger partial charge in [-0.3, -0.25) is 9.88 Å². The highest BCUT2D eigenvalue weighted by molar-refractivity contribution is 6.35. The molecule has 46 heavy (non-hydrogen) atoms. The standard InChI is InChI=1S/C36H40ClN3O6/c37-29-14-13-27-25-28(40-15-5-6-16-40)26-38-35(27)34(29)36(41)46-33-12-4-3-11-32(33)44-21-8-7-20-43-30-9-1-2-10-31(30)45-24-19-39-17-22-42-23-18-39/h1-4,9-14,25-26H,5-8,15-24H2. The van der Waals surface area contributed by atoms with Gasteiger partial charge in [0, 0.05) is 38.1 Å². The topological polar surface area (TPSA) is 82.6 Å². The molecule has 242 valence electrons. The van der Waals surface area contributed by atoms with Crippen LogP contribution < -0.4 is 23.8 Å². The second kappa shape index (κ2) is 16.0. The van der Waals surface area contributed by atoms with E-state index in [1.807, 2.05) is 36.4 Å². The van der Waals surface area contributed by atoms with Crippen molar-refractivity contribution >= 4 is 34.2 Å². The van der Waals surface area contributed by atoms with Crippen LogP contribution in [0.2, 0.25) is 5.02 Å². The van der Waals surface area contributed by atoms with Gasteiger partial charge >= 0.3 is 5.97 Å². The zero-order valence-electron chi connectivity index (χ0n) is 26.0. The molecule has 2 aliphatic heterocycles. The fraction of sp³-hybridized carbons (Fsp3) is 0.389. The van der Waals surface area contributed by atoms with Crippen molar-refractivity contribution in [2.75, 3.05) is 70.7 Å². The number of aromatic nitrogens is 1. The van der Waals surface area contributed by atoms with E-state index in [4.69, 9.17) is 35.3 Å². The molecular formula is C36H40ClN3O6. The molecule has 1 aromatic heterocycles. The average molecular weight is 646 g/mol. The van der Waals surface area contributed by atoms with Crippen LogP contribution in [0.15, 0.2) is 72.9 Å². The van der Waals surface area contributed by atoms with Gasteiger partial charge in [0.1, 0.15) is 12.2 Å². The molecule has 0 bridgehead atoms. The van der Waals surface area contributed by atoms with E-state index < -0.39 is 5.97 Å². The first-order chi connectivity index (χ1) is 22.7. The number of halogens is 1. The Morgan fingerprint density at radius 1 is 0.783 bits per heavy atom. The normalized spacial score (nSPS) is 15.2. The number of carbonyl (C=O) groups excluding carboxylic acids is 1. The lowest BCUT2D eigenvalue weighted by atomic mass is 10.1. The summed E-state index contributed by atoms with van der Waals surface area (Å²) >= 11 is 6.51. The van der Waals surface area contributed by atoms with Crippen LogP contribution in [0.25, 0.3) is 10.9 Å². The van der Waals surface area contributed by atoms with Crippen molar-refractivity contribution < 1.29 is 28.5 Å². The number of rotatable bonds is 14. The van der Waals surface area contributed by atoms with Gasteiger partial charge in [0.25, 0.3) is 0 Å². The summed E-state index contributed by atoms with van der Waals surface area (Å²) in [6.07, 6.45) is 5.68. The Balaban J connectivity index is 0.990. The van der Waals surface area contributed by atoms with Crippen molar-refractivity contribution in [2.24, 2.45) is 0 Å². The number of fused-ring (bicyclic) bond motifs is 1. The first kappa shape index (κ1) is 31.9. The monoisotopic (exact) mass is 645 g/mol. The van der Waals surface area contributed by atoms with Gasteiger partial charge in [0.15, 0.2) is 23.0 Å². The van der Waals surface area contributed by atoms with E-state index in [1.165, 1.54) is 12.8 Å². The molecule has 0 amide bonds. The highest BCUT2D eigenvalue weighted by atomic mass is 35.5. The Hall–Kier alpha value is -4.05. The largest absolute Gasteiger partial charge is 0.490 e. The Bertz CT molecular complexity index is 1610. The van der Waals surface area contributed by atoms with Gasteiger partial charge in [-0.15, -0.1) is 0 Å². The highest BCUT2D eigenvalue weighted by Crippen LogP contribution is 2.32. The second-order valence-corrected chi connectivity index (χ2v) is 11.8. The van der Waals surface area contributed by atoms with Crippen LogP contribution in [0.3, 0.4) is 0 Å². The summed E-state index contributed by atoms with van der Waals surface area (Å²) in [4.78, 5) is 22.7. The molecule has 0 aliphatic carbocycles. The van der Waals surface area contributed by atoms with Crippen molar-refractivity contribution in [2.45, 2.75) is 25.7 Å². The molecule has 9 nitrogen and oxygen atoms in total. The van der Waals surface area contributed by atoms with E-state index in [0.717, 1.165) is 81.4 Å². The molecule has 10 heteroatoms. The highest BCUT2D eigenvalue weighted by Gasteiger charge is 2.21. The molecule has 2 saturated heterocycles. The molecule has 0 saturated carbocycles. The number of unbranched alkanes of at least 4 members (excludes halogenated alkanes) is 1. The van der Waals surface area contributed by atoms with Gasteiger partial charge in [-0.2, -0.15) is 0 Å². The van der Waals surface area contributed by atoms with E-state index in [2.05, 4.69) is 20.9 Å². The minimum atomic E-state index is -0.577. The van der Waals surface area contributed by atoms with Gasteiger partial charge in [-0.1, -0.05) is 41.9 Å². The lowest BCUT2D eigenvalue weighted by Crippen LogP contribution is -2.38. The van der Waals surface area contributed by atoms with Crippen molar-refractivity contribution in [1.82, 2.24) is 9.88 Å². The van der Waals surface area contributed by atoms with Crippen LogP contribution in [0.1, 0.15) is 36.0 Å². The number of ether oxygens (including phenoxy) is 5. The lowest BCUT2D eigenvalue weighted by Gasteiger charge is -2.26. The van der Waals surface area contributed by atoms with Gasteiger partial charge in [0.05, 0.1) is 48.9 Å². The third-order valence-corrected chi connectivity index (χ3v) is 8.50. The summed E-state index contributed by atoms with van der Waals surface area (Å²) < 4.78 is 29.3. The van der Waals surface area contributed by atoms with Gasteiger partial charge in [0.2, 0.25) is 0 Å². The minimum absolute atomic E-state index is 0.240. The smallest absolute Gasteiger partial charge is 0.347 e. The molecular weight excluding hydrogens is 606 g/mol. The van der Waals surface area contributed by atoms with E-state index in [-0.39, 0.29) is 5.56 Å². The summed E-state index contributed by atoms with van der Waals surface area (Å²) in [5.41, 5.74) is 1.81. The molecule has 2 aliphatic rings. The maximum Gasteiger partial charge on any atom is 0.347 e. The first-order valence-corrected chi connectivity index (χ1v) is 16.5. The van der Waals surface area contributed by atoms with Gasteiger partial charge in [-0.05, 0) is 62.1 Å². The summed E-state index contributed by atoms with van der Waals surface area (Å²) in [6, 6.07) is 20.6. The first-order valence-electron chi connectivity index (χ1n) is 16.1. The zero-order valence-corrected chi connectivity index (χ0v) is 26.8. The maximum atomic E-state index is 13.4. The molecule has 0 spiro atoms. The SMILES string of the molecule is O=C(Oc1ccccc1OCCCCOc1ccccc1OCCN1CCOCC1)c1c(Cl)ccc2cc(N3CCCC3)cnc12. The number of benzene rings is 3. The molecule has 0 atom stereocenters.